The summed E-state index contributed by atoms with van der Waals surface area (Å²) in [5.41, 5.74) is 5.33. The molecule has 0 spiro atoms. The summed E-state index contributed by atoms with van der Waals surface area (Å²) in [5, 5.41) is 0. The van der Waals surface area contributed by atoms with Gasteiger partial charge in [0.1, 0.15) is 6.61 Å². The Morgan fingerprint density at radius 1 is 1.24 bits per heavy atom. The lowest BCUT2D eigenvalue weighted by atomic mass is 10.3. The van der Waals surface area contributed by atoms with E-state index in [1.54, 1.807) is 18.2 Å². The third kappa shape index (κ3) is 5.42. The number of halogens is 1. The van der Waals surface area contributed by atoms with Crippen LogP contribution in [0.25, 0.3) is 0 Å². The second-order valence-corrected chi connectivity index (χ2v) is 2.95. The van der Waals surface area contributed by atoms with E-state index in [2.05, 4.69) is 4.74 Å². The van der Waals surface area contributed by atoms with Crippen molar-refractivity contribution in [3.63, 3.8) is 0 Å². The number of rotatable bonds is 6. The van der Waals surface area contributed by atoms with Crippen LogP contribution in [-0.4, -0.2) is 32.8 Å². The van der Waals surface area contributed by atoms with Crippen molar-refractivity contribution in [3.05, 3.63) is 24.3 Å². The van der Waals surface area contributed by atoms with Crippen molar-refractivity contribution in [3.8, 4) is 11.5 Å². The minimum absolute atomic E-state index is 0. The zero-order chi connectivity index (χ0) is 11.8. The van der Waals surface area contributed by atoms with Crippen molar-refractivity contribution in [2.75, 3.05) is 26.9 Å². The number of nitrogens with two attached hydrogens (primary N) is 1. The number of carbonyl (C=O) groups is 1. The number of ether oxygens (including phenoxy) is 3. The molecule has 0 amide bonds. The second kappa shape index (κ2) is 8.66. The van der Waals surface area contributed by atoms with Gasteiger partial charge in [-0.2, -0.15) is 0 Å². The van der Waals surface area contributed by atoms with Gasteiger partial charge in [-0.1, -0.05) is 12.1 Å². The molecular weight excluding hydrogens is 246 g/mol. The van der Waals surface area contributed by atoms with Crippen LogP contribution in [0.3, 0.4) is 0 Å². The van der Waals surface area contributed by atoms with Gasteiger partial charge in [-0.3, -0.25) is 0 Å². The maximum atomic E-state index is 10.9. The number of benzene rings is 1. The predicted octanol–water partition coefficient (Wildman–Crippen LogP) is 0.998. The van der Waals surface area contributed by atoms with Crippen LogP contribution in [0.1, 0.15) is 0 Å². The van der Waals surface area contributed by atoms with E-state index in [1.165, 1.54) is 7.11 Å². The largest absolute Gasteiger partial charge is 0.488 e. The topological polar surface area (TPSA) is 70.8 Å². The average Bonchev–Trinajstić information content (AvgIpc) is 2.34. The second-order valence-electron chi connectivity index (χ2n) is 2.95. The molecule has 0 bridgehead atoms. The smallest absolute Gasteiger partial charge is 0.343 e. The van der Waals surface area contributed by atoms with Gasteiger partial charge in [0, 0.05) is 6.54 Å². The summed E-state index contributed by atoms with van der Waals surface area (Å²) in [6, 6.07) is 7.08. The summed E-state index contributed by atoms with van der Waals surface area (Å²) in [6.45, 7) is 0.684. The van der Waals surface area contributed by atoms with Crippen molar-refractivity contribution < 1.29 is 19.0 Å². The molecule has 1 aromatic carbocycles. The molecule has 6 heteroatoms. The molecule has 1 rings (SSSR count). The SMILES string of the molecule is COC(=O)COc1ccccc1OCCN.Cl. The summed E-state index contributed by atoms with van der Waals surface area (Å²) in [5.74, 6) is 0.631. The quantitative estimate of drug-likeness (QED) is 0.774. The molecule has 0 radical (unpaired) electrons. The van der Waals surface area contributed by atoms with E-state index < -0.39 is 5.97 Å². The van der Waals surface area contributed by atoms with Gasteiger partial charge < -0.3 is 19.9 Å². The lowest BCUT2D eigenvalue weighted by Gasteiger charge is -2.10. The number of methoxy groups -OCH3 is 1. The highest BCUT2D eigenvalue weighted by atomic mass is 35.5. The molecule has 0 fully saturated rings. The number of carbonyl (C=O) groups excluding carboxylic acids is 1. The number of hydrogen-bond donors (Lipinski definition) is 1. The van der Waals surface area contributed by atoms with E-state index in [4.69, 9.17) is 15.2 Å². The van der Waals surface area contributed by atoms with Gasteiger partial charge in [0.25, 0.3) is 0 Å². The van der Waals surface area contributed by atoms with Crippen molar-refractivity contribution >= 4 is 18.4 Å². The Morgan fingerprint density at radius 3 is 2.35 bits per heavy atom. The van der Waals surface area contributed by atoms with E-state index in [-0.39, 0.29) is 19.0 Å². The highest BCUT2D eigenvalue weighted by molar-refractivity contribution is 5.85. The van der Waals surface area contributed by atoms with Crippen molar-refractivity contribution in [2.24, 2.45) is 5.73 Å². The first-order valence-corrected chi connectivity index (χ1v) is 4.89. The highest BCUT2D eigenvalue weighted by Crippen LogP contribution is 2.26. The Balaban J connectivity index is 0.00000256. The van der Waals surface area contributed by atoms with E-state index in [9.17, 15) is 4.79 Å². The van der Waals surface area contributed by atoms with Gasteiger partial charge in [0.05, 0.1) is 7.11 Å². The molecule has 1 aromatic rings. The minimum atomic E-state index is -0.436. The molecule has 0 atom stereocenters. The van der Waals surface area contributed by atoms with Crippen molar-refractivity contribution in [2.45, 2.75) is 0 Å². The summed E-state index contributed by atoms with van der Waals surface area (Å²) in [6.07, 6.45) is 0. The van der Waals surface area contributed by atoms with Gasteiger partial charge in [-0.15, -0.1) is 12.4 Å². The number of esters is 1. The zero-order valence-electron chi connectivity index (χ0n) is 9.55. The first-order chi connectivity index (χ1) is 7.77. The van der Waals surface area contributed by atoms with Crippen LogP contribution in [0.15, 0.2) is 24.3 Å². The number of hydrogen-bond acceptors (Lipinski definition) is 5. The number of para-hydroxylation sites is 2. The normalized spacial score (nSPS) is 9.06. The molecule has 5 nitrogen and oxygen atoms in total. The summed E-state index contributed by atoms with van der Waals surface area (Å²) in [4.78, 5) is 10.9. The molecule has 0 unspecified atom stereocenters. The van der Waals surface area contributed by atoms with Crippen LogP contribution in [0.2, 0.25) is 0 Å². The van der Waals surface area contributed by atoms with Crippen molar-refractivity contribution in [1.29, 1.82) is 0 Å². The molecule has 96 valence electrons. The minimum Gasteiger partial charge on any atom is -0.488 e. The first kappa shape index (κ1) is 15.5. The fraction of sp³-hybridized carbons (Fsp3) is 0.364. The standard InChI is InChI=1S/C11H15NO4.ClH/c1-14-11(13)8-16-10-5-3-2-4-9(10)15-7-6-12;/h2-5H,6-8,12H2,1H3;1H. The lowest BCUT2D eigenvalue weighted by molar-refractivity contribution is -0.142. The van der Waals surface area contributed by atoms with E-state index in [1.807, 2.05) is 6.07 Å². The fourth-order valence-electron chi connectivity index (χ4n) is 1.05. The van der Waals surface area contributed by atoms with E-state index >= 15 is 0 Å². The third-order valence-electron chi connectivity index (χ3n) is 1.80. The van der Waals surface area contributed by atoms with Crippen molar-refractivity contribution in [1.82, 2.24) is 0 Å². The van der Waals surface area contributed by atoms with Gasteiger partial charge in [0.15, 0.2) is 18.1 Å². The zero-order valence-corrected chi connectivity index (χ0v) is 10.4. The molecule has 2 N–H and O–H groups in total. The van der Waals surface area contributed by atoms with Gasteiger partial charge in [0.2, 0.25) is 0 Å². The Kier molecular flexibility index (Phi) is 7.92. The Labute approximate surface area is 106 Å². The molecular formula is C11H16ClNO4. The molecule has 0 aliphatic heterocycles. The Hall–Kier alpha value is -1.46. The summed E-state index contributed by atoms with van der Waals surface area (Å²) < 4.78 is 15.1. The summed E-state index contributed by atoms with van der Waals surface area (Å²) in [7, 11) is 1.31. The molecule has 0 saturated carbocycles. The average molecular weight is 262 g/mol. The third-order valence-corrected chi connectivity index (χ3v) is 1.80. The molecule has 0 aromatic heterocycles. The van der Waals surface area contributed by atoms with E-state index in [0.29, 0.717) is 24.7 Å². The predicted molar refractivity (Wildman–Crippen MR) is 65.8 cm³/mol. The van der Waals surface area contributed by atoms with Crippen LogP contribution < -0.4 is 15.2 Å². The Bertz CT molecular complexity index is 346. The first-order valence-electron chi connectivity index (χ1n) is 4.89. The van der Waals surface area contributed by atoms with Crippen LogP contribution in [0.5, 0.6) is 11.5 Å². The Morgan fingerprint density at radius 2 is 1.82 bits per heavy atom. The van der Waals surface area contributed by atoms with Crippen LogP contribution in [0.4, 0.5) is 0 Å². The molecule has 17 heavy (non-hydrogen) atoms. The monoisotopic (exact) mass is 261 g/mol. The summed E-state index contributed by atoms with van der Waals surface area (Å²) >= 11 is 0. The lowest BCUT2D eigenvalue weighted by Crippen LogP contribution is -2.14. The maximum absolute atomic E-state index is 10.9. The molecule has 0 saturated heterocycles. The highest BCUT2D eigenvalue weighted by Gasteiger charge is 2.06. The fourth-order valence-corrected chi connectivity index (χ4v) is 1.05. The van der Waals surface area contributed by atoms with Crippen LogP contribution in [-0.2, 0) is 9.53 Å². The van der Waals surface area contributed by atoms with Crippen LogP contribution in [0, 0.1) is 0 Å². The van der Waals surface area contributed by atoms with Crippen LogP contribution >= 0.6 is 12.4 Å². The maximum Gasteiger partial charge on any atom is 0.343 e. The van der Waals surface area contributed by atoms with E-state index in [0.717, 1.165) is 0 Å². The van der Waals surface area contributed by atoms with Gasteiger partial charge in [-0.25, -0.2) is 4.79 Å². The van der Waals surface area contributed by atoms with Gasteiger partial charge in [-0.05, 0) is 12.1 Å². The molecule has 0 aliphatic rings. The van der Waals surface area contributed by atoms with Gasteiger partial charge >= 0.3 is 5.97 Å². The molecule has 0 heterocycles. The molecule has 0 aliphatic carbocycles.